The van der Waals surface area contributed by atoms with Gasteiger partial charge in [0, 0.05) is 52.0 Å². The van der Waals surface area contributed by atoms with Gasteiger partial charge in [0.05, 0.1) is 0 Å². The van der Waals surface area contributed by atoms with E-state index in [9.17, 15) is 0 Å². The SMILES string of the molecule is COP(O)O.COP(O)O.[Ca]. The monoisotopic (exact) mass is 232 g/mol. The van der Waals surface area contributed by atoms with Crippen molar-refractivity contribution in [2.75, 3.05) is 14.2 Å². The van der Waals surface area contributed by atoms with Gasteiger partial charge in [-0.25, -0.2) is 0 Å². The first kappa shape index (κ1) is 18.6. The van der Waals surface area contributed by atoms with Crippen molar-refractivity contribution >= 4 is 54.9 Å². The fourth-order valence-electron chi connectivity index (χ4n) is 0. The molecule has 0 heterocycles. The van der Waals surface area contributed by atoms with E-state index in [2.05, 4.69) is 9.05 Å². The molecule has 0 unspecified atom stereocenters. The van der Waals surface area contributed by atoms with E-state index in [4.69, 9.17) is 19.6 Å². The van der Waals surface area contributed by atoms with Crippen LogP contribution in [0.1, 0.15) is 0 Å². The smallest absolute Gasteiger partial charge is 0.326 e. The molecule has 0 aromatic carbocycles. The summed E-state index contributed by atoms with van der Waals surface area (Å²) in [6.45, 7) is 0. The molecular weight excluding hydrogens is 222 g/mol. The zero-order valence-electron chi connectivity index (χ0n) is 6.21. The van der Waals surface area contributed by atoms with Crippen molar-refractivity contribution in [2.45, 2.75) is 0 Å². The summed E-state index contributed by atoms with van der Waals surface area (Å²) in [4.78, 5) is 31.0. The summed E-state index contributed by atoms with van der Waals surface area (Å²) in [5.74, 6) is 0. The Morgan fingerprint density at radius 2 is 0.909 bits per heavy atom. The summed E-state index contributed by atoms with van der Waals surface area (Å²) in [6.07, 6.45) is 0. The van der Waals surface area contributed by atoms with Crippen molar-refractivity contribution in [1.82, 2.24) is 0 Å². The minimum Gasteiger partial charge on any atom is -0.328 e. The molecule has 2 radical (unpaired) electrons. The minimum absolute atomic E-state index is 0. The van der Waals surface area contributed by atoms with Gasteiger partial charge in [-0.3, -0.25) is 0 Å². The van der Waals surface area contributed by atoms with Crippen molar-refractivity contribution in [3.8, 4) is 0 Å². The number of rotatable bonds is 2. The third-order valence-corrected chi connectivity index (χ3v) is 0.980. The van der Waals surface area contributed by atoms with Crippen LogP contribution >= 0.6 is 17.2 Å². The summed E-state index contributed by atoms with van der Waals surface area (Å²) in [5.41, 5.74) is 0. The van der Waals surface area contributed by atoms with E-state index >= 15 is 0 Å². The van der Waals surface area contributed by atoms with Crippen molar-refractivity contribution in [2.24, 2.45) is 0 Å². The van der Waals surface area contributed by atoms with E-state index in [0.29, 0.717) is 0 Å². The van der Waals surface area contributed by atoms with Crippen LogP contribution in [0, 0.1) is 0 Å². The first-order valence-electron chi connectivity index (χ1n) is 1.98. The van der Waals surface area contributed by atoms with Gasteiger partial charge in [0.1, 0.15) is 0 Å². The summed E-state index contributed by atoms with van der Waals surface area (Å²) < 4.78 is 7.85. The molecule has 6 nitrogen and oxygen atoms in total. The van der Waals surface area contributed by atoms with Crippen LogP contribution in [-0.4, -0.2) is 71.5 Å². The van der Waals surface area contributed by atoms with Crippen LogP contribution in [-0.2, 0) is 9.05 Å². The quantitative estimate of drug-likeness (QED) is 0.371. The van der Waals surface area contributed by atoms with Crippen LogP contribution in [0.4, 0.5) is 0 Å². The molecule has 0 amide bonds. The molecule has 0 bridgehead atoms. The third kappa shape index (κ3) is 33.5. The molecule has 0 aliphatic rings. The van der Waals surface area contributed by atoms with E-state index in [1.54, 1.807) is 0 Å². The fraction of sp³-hybridized carbons (Fsp3) is 1.00. The molecule has 0 spiro atoms. The van der Waals surface area contributed by atoms with Gasteiger partial charge in [0.15, 0.2) is 0 Å². The maximum atomic E-state index is 7.76. The molecule has 0 saturated heterocycles. The van der Waals surface area contributed by atoms with Gasteiger partial charge in [0.25, 0.3) is 0 Å². The van der Waals surface area contributed by atoms with E-state index in [1.165, 1.54) is 14.2 Å². The van der Waals surface area contributed by atoms with Crippen LogP contribution < -0.4 is 0 Å². The van der Waals surface area contributed by atoms with Crippen molar-refractivity contribution < 1.29 is 28.6 Å². The Labute approximate surface area is 97.1 Å². The Bertz CT molecular complexity index is 54.5. The van der Waals surface area contributed by atoms with Gasteiger partial charge >= 0.3 is 17.2 Å². The van der Waals surface area contributed by atoms with Gasteiger partial charge < -0.3 is 28.6 Å². The average Bonchev–Trinajstić information content (AvgIpc) is 1.89. The summed E-state index contributed by atoms with van der Waals surface area (Å²) in [5, 5.41) is 0. The van der Waals surface area contributed by atoms with Gasteiger partial charge in [-0.15, -0.1) is 0 Å². The fourth-order valence-corrected chi connectivity index (χ4v) is 0. The second-order valence-corrected chi connectivity index (χ2v) is 2.61. The molecule has 0 aliphatic heterocycles. The standard InChI is InChI=1S/2CH5O3P.Ca/c2*1-4-5(2)3;/h2*2-3H,1H3;. The predicted octanol–water partition coefficient (Wildman–Crippen LogP) is -0.692. The zero-order valence-corrected chi connectivity index (χ0v) is 10.2. The van der Waals surface area contributed by atoms with E-state index < -0.39 is 17.2 Å². The van der Waals surface area contributed by atoms with Gasteiger partial charge in [0.2, 0.25) is 0 Å². The van der Waals surface area contributed by atoms with Crippen molar-refractivity contribution in [3.05, 3.63) is 0 Å². The van der Waals surface area contributed by atoms with Crippen LogP contribution in [0.5, 0.6) is 0 Å². The third-order valence-electron chi connectivity index (χ3n) is 0.327. The summed E-state index contributed by atoms with van der Waals surface area (Å²) in [6, 6.07) is 0. The Hall–Kier alpha value is 1.88. The van der Waals surface area contributed by atoms with E-state index in [-0.39, 0.29) is 37.7 Å². The summed E-state index contributed by atoms with van der Waals surface area (Å²) >= 11 is 0. The number of hydrogen-bond acceptors (Lipinski definition) is 6. The molecule has 11 heavy (non-hydrogen) atoms. The maximum absolute atomic E-state index is 7.76. The Balaban J connectivity index is -0.000000107. The largest absolute Gasteiger partial charge is 0.328 e. The van der Waals surface area contributed by atoms with Crippen LogP contribution in [0.15, 0.2) is 0 Å². The first-order chi connectivity index (χ1) is 4.54. The predicted molar refractivity (Wildman–Crippen MR) is 42.5 cm³/mol. The molecule has 4 N–H and O–H groups in total. The molecule has 0 fully saturated rings. The van der Waals surface area contributed by atoms with E-state index in [0.717, 1.165) is 0 Å². The van der Waals surface area contributed by atoms with Crippen molar-refractivity contribution in [1.29, 1.82) is 0 Å². The van der Waals surface area contributed by atoms with Crippen LogP contribution in [0.25, 0.3) is 0 Å². The molecular formula is C2H10CaO6P2. The van der Waals surface area contributed by atoms with Crippen LogP contribution in [0.3, 0.4) is 0 Å². The van der Waals surface area contributed by atoms with Gasteiger partial charge in [-0.1, -0.05) is 0 Å². The second-order valence-electron chi connectivity index (χ2n) is 0.871. The normalized spacial score (nSPS) is 8.73. The first-order valence-corrected chi connectivity index (χ1v) is 4.31. The molecule has 0 saturated carbocycles. The molecule has 66 valence electrons. The van der Waals surface area contributed by atoms with Gasteiger partial charge in [-0.05, 0) is 0 Å². The van der Waals surface area contributed by atoms with E-state index in [1.807, 2.05) is 0 Å². The molecule has 0 rings (SSSR count). The zero-order chi connectivity index (χ0) is 8.57. The second kappa shape index (κ2) is 14.4. The Kier molecular flexibility index (Phi) is 24.4. The van der Waals surface area contributed by atoms with Crippen LogP contribution in [0.2, 0.25) is 0 Å². The molecule has 0 aromatic rings. The molecule has 0 atom stereocenters. The maximum Gasteiger partial charge on any atom is 0.326 e. The van der Waals surface area contributed by atoms with Crippen molar-refractivity contribution in [3.63, 3.8) is 0 Å². The molecule has 0 aliphatic carbocycles. The molecule has 9 heteroatoms. The number of hydrogen-bond donors (Lipinski definition) is 4. The summed E-state index contributed by atoms with van der Waals surface area (Å²) in [7, 11) is -1.74. The minimum atomic E-state index is -2.10. The topological polar surface area (TPSA) is 99.4 Å². The Morgan fingerprint density at radius 3 is 0.909 bits per heavy atom. The molecule has 0 aromatic heterocycles. The Morgan fingerprint density at radius 1 is 0.818 bits per heavy atom. The average molecular weight is 232 g/mol. The van der Waals surface area contributed by atoms with Gasteiger partial charge in [-0.2, -0.15) is 0 Å².